The summed E-state index contributed by atoms with van der Waals surface area (Å²) in [7, 11) is 1.51. The molecule has 0 bridgehead atoms. The molecule has 0 spiro atoms. The largest absolute Gasteiger partial charge is 0.358 e. The highest BCUT2D eigenvalue weighted by Gasteiger charge is 2.30. The zero-order chi connectivity index (χ0) is 16.1. The third-order valence-electron chi connectivity index (χ3n) is 3.15. The Morgan fingerprint density at radius 1 is 1.50 bits per heavy atom. The lowest BCUT2D eigenvalue weighted by Crippen LogP contribution is -2.40. The van der Waals surface area contributed by atoms with E-state index in [-0.39, 0.29) is 18.4 Å². The number of pyridine rings is 1. The van der Waals surface area contributed by atoms with Crippen molar-refractivity contribution in [3.63, 3.8) is 0 Å². The topological polar surface area (TPSA) is 104 Å². The molecule has 1 aromatic heterocycles. The number of guanidine groups is 1. The van der Waals surface area contributed by atoms with Crippen LogP contribution in [0.4, 0.5) is 0 Å². The second-order valence-electron chi connectivity index (χ2n) is 4.64. The highest BCUT2D eigenvalue weighted by Crippen LogP contribution is 2.14. The van der Waals surface area contributed by atoms with Gasteiger partial charge in [-0.25, -0.2) is 15.1 Å². The first-order chi connectivity index (χ1) is 10.5. The smallest absolute Gasteiger partial charge is 0.274 e. The summed E-state index contributed by atoms with van der Waals surface area (Å²) in [5.74, 6) is -0.0605. The number of likely N-dealkylation sites (N-methyl/N-ethyl adjacent to an activating group) is 1. The Bertz CT molecular complexity index is 591. The molecule has 0 saturated carbocycles. The normalized spacial score (nSPS) is 16.2. The molecule has 0 atom stereocenters. The SMILES string of the molecule is CNC(=O)CN1CCN(Cc2ccc(Cl)nc2)/C1=N\[N+](=O)[O-]. The van der Waals surface area contributed by atoms with Crippen LogP contribution in [-0.4, -0.2) is 58.4 Å². The van der Waals surface area contributed by atoms with Gasteiger partial charge in [-0.1, -0.05) is 17.7 Å². The molecule has 1 aromatic rings. The number of nitrogens with zero attached hydrogens (tertiary/aromatic N) is 5. The molecular formula is C12H15ClN6O3. The maximum atomic E-state index is 11.5. The quantitative estimate of drug-likeness (QED) is 0.469. The number of halogens is 1. The summed E-state index contributed by atoms with van der Waals surface area (Å²) in [6.07, 6.45) is 1.60. The minimum Gasteiger partial charge on any atom is -0.358 e. The number of nitrogens with one attached hydrogen (secondary N) is 1. The predicted molar refractivity (Wildman–Crippen MR) is 79.7 cm³/mol. The van der Waals surface area contributed by atoms with E-state index in [1.54, 1.807) is 28.1 Å². The summed E-state index contributed by atoms with van der Waals surface area (Å²) < 4.78 is 0. The molecule has 1 fully saturated rings. The van der Waals surface area contributed by atoms with Crippen LogP contribution in [0.1, 0.15) is 5.56 Å². The first-order valence-corrected chi connectivity index (χ1v) is 6.91. The number of aromatic nitrogens is 1. The maximum Gasteiger partial charge on any atom is 0.274 e. The van der Waals surface area contributed by atoms with E-state index in [1.165, 1.54) is 7.05 Å². The summed E-state index contributed by atoms with van der Waals surface area (Å²) in [6, 6.07) is 3.44. The van der Waals surface area contributed by atoms with E-state index >= 15 is 0 Å². The lowest BCUT2D eigenvalue weighted by Gasteiger charge is -2.20. The number of amides is 1. The van der Waals surface area contributed by atoms with Crippen molar-refractivity contribution in [2.24, 2.45) is 5.10 Å². The number of hydrogen-bond donors (Lipinski definition) is 1. The molecular weight excluding hydrogens is 312 g/mol. The van der Waals surface area contributed by atoms with Gasteiger partial charge in [0.25, 0.3) is 5.96 Å². The minimum atomic E-state index is -0.759. The molecule has 9 nitrogen and oxygen atoms in total. The molecule has 0 radical (unpaired) electrons. The molecule has 22 heavy (non-hydrogen) atoms. The van der Waals surface area contributed by atoms with Crippen LogP contribution in [-0.2, 0) is 11.3 Å². The molecule has 0 aliphatic carbocycles. The monoisotopic (exact) mass is 326 g/mol. The molecule has 10 heteroatoms. The van der Waals surface area contributed by atoms with Gasteiger partial charge in [0, 0.05) is 32.9 Å². The number of carbonyl (C=O) groups is 1. The molecule has 1 amide bonds. The Hall–Kier alpha value is -2.42. The lowest BCUT2D eigenvalue weighted by atomic mass is 10.3. The van der Waals surface area contributed by atoms with Gasteiger partial charge >= 0.3 is 0 Å². The van der Waals surface area contributed by atoms with Crippen molar-refractivity contribution >= 4 is 23.5 Å². The van der Waals surface area contributed by atoms with E-state index in [4.69, 9.17) is 11.6 Å². The highest BCUT2D eigenvalue weighted by molar-refractivity contribution is 6.29. The number of rotatable bonds is 5. The van der Waals surface area contributed by atoms with Crippen molar-refractivity contribution < 1.29 is 9.83 Å². The first kappa shape index (κ1) is 16.0. The van der Waals surface area contributed by atoms with Crippen LogP contribution >= 0.6 is 11.6 Å². The fourth-order valence-corrected chi connectivity index (χ4v) is 2.23. The Labute approximate surface area is 131 Å². The van der Waals surface area contributed by atoms with Crippen molar-refractivity contribution in [2.45, 2.75) is 6.54 Å². The highest BCUT2D eigenvalue weighted by atomic mass is 35.5. The van der Waals surface area contributed by atoms with Gasteiger partial charge in [-0.3, -0.25) is 4.79 Å². The third-order valence-corrected chi connectivity index (χ3v) is 3.38. The second kappa shape index (κ2) is 7.03. The standard InChI is InChI=1S/C12H15ClN6O3/c1-14-11(20)8-18-5-4-17(12(18)16-19(21)22)7-9-2-3-10(13)15-6-9/h2-3,6H,4-5,7-8H2,1H3,(H,14,20)/b16-12+. The van der Waals surface area contributed by atoms with Gasteiger partial charge in [-0.05, 0) is 11.6 Å². The molecule has 2 heterocycles. The lowest BCUT2D eigenvalue weighted by molar-refractivity contribution is -0.486. The van der Waals surface area contributed by atoms with Crippen molar-refractivity contribution in [2.75, 3.05) is 26.7 Å². The van der Waals surface area contributed by atoms with Crippen LogP contribution in [0.2, 0.25) is 5.15 Å². The minimum absolute atomic E-state index is 0.0263. The van der Waals surface area contributed by atoms with E-state index in [0.717, 1.165) is 5.56 Å². The van der Waals surface area contributed by atoms with E-state index in [1.807, 2.05) is 0 Å². The molecule has 1 aliphatic heterocycles. The van der Waals surface area contributed by atoms with Gasteiger partial charge in [0.1, 0.15) is 10.3 Å². The van der Waals surface area contributed by atoms with Gasteiger partial charge in [0.15, 0.2) is 5.03 Å². The zero-order valence-corrected chi connectivity index (χ0v) is 12.7. The van der Waals surface area contributed by atoms with E-state index in [0.29, 0.717) is 24.8 Å². The van der Waals surface area contributed by atoms with Crippen molar-refractivity contribution in [3.8, 4) is 0 Å². The maximum absolute atomic E-state index is 11.5. The second-order valence-corrected chi connectivity index (χ2v) is 5.03. The number of nitro groups is 1. The number of hydrogen-bond acceptors (Lipinski definition) is 4. The Morgan fingerprint density at radius 2 is 2.23 bits per heavy atom. The van der Waals surface area contributed by atoms with E-state index in [2.05, 4.69) is 15.4 Å². The molecule has 1 N–H and O–H groups in total. The van der Waals surface area contributed by atoms with Gasteiger partial charge in [0.2, 0.25) is 5.91 Å². The molecule has 0 aromatic carbocycles. The average molecular weight is 327 g/mol. The van der Waals surface area contributed by atoms with Crippen LogP contribution in [0.15, 0.2) is 23.4 Å². The Morgan fingerprint density at radius 3 is 2.82 bits per heavy atom. The van der Waals surface area contributed by atoms with Crippen molar-refractivity contribution in [1.82, 2.24) is 20.1 Å². The van der Waals surface area contributed by atoms with Crippen LogP contribution in [0.5, 0.6) is 0 Å². The first-order valence-electron chi connectivity index (χ1n) is 6.53. The molecule has 2 rings (SSSR count). The van der Waals surface area contributed by atoms with Gasteiger partial charge < -0.3 is 15.1 Å². The molecule has 1 saturated heterocycles. The van der Waals surface area contributed by atoms with Crippen molar-refractivity contribution in [1.29, 1.82) is 0 Å². The fourth-order valence-electron chi connectivity index (χ4n) is 2.11. The molecule has 118 valence electrons. The van der Waals surface area contributed by atoms with Crippen molar-refractivity contribution in [3.05, 3.63) is 39.2 Å². The number of hydrazone groups is 1. The van der Waals surface area contributed by atoms with Crippen LogP contribution in [0, 0.1) is 10.1 Å². The van der Waals surface area contributed by atoms with E-state index < -0.39 is 5.03 Å². The van der Waals surface area contributed by atoms with Crippen LogP contribution in [0.25, 0.3) is 0 Å². The van der Waals surface area contributed by atoms with Gasteiger partial charge in [-0.15, -0.1) is 0 Å². The molecule has 0 unspecified atom stereocenters. The zero-order valence-electron chi connectivity index (χ0n) is 11.9. The average Bonchev–Trinajstić information content (AvgIpc) is 2.83. The fraction of sp³-hybridized carbons (Fsp3) is 0.417. The Balaban J connectivity index is 2.14. The van der Waals surface area contributed by atoms with E-state index in [9.17, 15) is 14.9 Å². The predicted octanol–water partition coefficient (Wildman–Crippen LogP) is 0.146. The summed E-state index contributed by atoms with van der Waals surface area (Å²) in [4.78, 5) is 29.5. The van der Waals surface area contributed by atoms with Gasteiger partial charge in [0.05, 0.1) is 6.54 Å². The number of carbonyl (C=O) groups excluding carboxylic acids is 1. The van der Waals surface area contributed by atoms with Crippen LogP contribution < -0.4 is 5.32 Å². The third kappa shape index (κ3) is 4.04. The molecule has 1 aliphatic rings. The summed E-state index contributed by atoms with van der Waals surface area (Å²) in [5, 5.41) is 16.2. The van der Waals surface area contributed by atoms with Gasteiger partial charge in [-0.2, -0.15) is 0 Å². The summed E-state index contributed by atoms with van der Waals surface area (Å²) in [6.45, 7) is 1.45. The van der Waals surface area contributed by atoms with Crippen LogP contribution in [0.3, 0.4) is 0 Å². The summed E-state index contributed by atoms with van der Waals surface area (Å²) >= 11 is 5.73. The summed E-state index contributed by atoms with van der Waals surface area (Å²) in [5.41, 5.74) is 0.849. The Kier molecular flexibility index (Phi) is 5.10.